The van der Waals surface area contributed by atoms with E-state index in [1.54, 1.807) is 6.07 Å². The molecule has 1 rings (SSSR count). The van der Waals surface area contributed by atoms with Gasteiger partial charge in [-0.25, -0.2) is 0 Å². The zero-order valence-electron chi connectivity index (χ0n) is 7.71. The van der Waals surface area contributed by atoms with Crippen LogP contribution in [0.5, 0.6) is 0 Å². The highest BCUT2D eigenvalue weighted by atomic mass is 16.6. The molecule has 6 heteroatoms. The fraction of sp³-hybridized carbons (Fsp3) is 0. The van der Waals surface area contributed by atoms with Gasteiger partial charge in [0.15, 0.2) is 0 Å². The molecule has 0 heterocycles. The van der Waals surface area contributed by atoms with Crippen LogP contribution < -0.4 is 11.5 Å². The van der Waals surface area contributed by atoms with Crippen LogP contribution >= 0.6 is 0 Å². The minimum Gasteiger partial charge on any atom is -0.393 e. The van der Waals surface area contributed by atoms with Crippen LogP contribution in [0, 0.1) is 10.1 Å². The third kappa shape index (κ3) is 2.80. The molecule has 0 radical (unpaired) electrons. The summed E-state index contributed by atoms with van der Waals surface area (Å²) in [4.78, 5) is 20.4. The third-order valence-corrected chi connectivity index (χ3v) is 1.69. The number of hydrogen-bond acceptors (Lipinski definition) is 4. The highest BCUT2D eigenvalue weighted by molar-refractivity contribution is 5.90. The molecule has 15 heavy (non-hydrogen) atoms. The summed E-state index contributed by atoms with van der Waals surface area (Å²) in [6, 6.07) is 4.23. The van der Waals surface area contributed by atoms with E-state index < -0.39 is 10.8 Å². The minimum absolute atomic E-state index is 0.0798. The van der Waals surface area contributed by atoms with Gasteiger partial charge in [0.2, 0.25) is 5.91 Å². The molecule has 1 amide bonds. The van der Waals surface area contributed by atoms with Crippen LogP contribution in [0.1, 0.15) is 5.56 Å². The quantitative estimate of drug-likeness (QED) is 0.328. The summed E-state index contributed by atoms with van der Waals surface area (Å²) in [5.41, 5.74) is 10.7. The standard InChI is InChI=1S/C9H9N3O3/c10-7-3-1-6(2-4-9(11)13)5-8(7)12(14)15/h1-5H,10H2,(H2,11,13). The van der Waals surface area contributed by atoms with Crippen LogP contribution in [0.3, 0.4) is 0 Å². The number of amides is 1. The Kier molecular flexibility index (Phi) is 3.02. The van der Waals surface area contributed by atoms with E-state index in [-0.39, 0.29) is 11.4 Å². The Balaban J connectivity index is 3.08. The molecule has 0 atom stereocenters. The Morgan fingerprint density at radius 3 is 2.67 bits per heavy atom. The van der Waals surface area contributed by atoms with Gasteiger partial charge in [0.1, 0.15) is 5.69 Å². The summed E-state index contributed by atoms with van der Waals surface area (Å²) >= 11 is 0. The second kappa shape index (κ2) is 4.23. The number of nitrogen functional groups attached to an aromatic ring is 1. The Morgan fingerprint density at radius 1 is 1.47 bits per heavy atom. The van der Waals surface area contributed by atoms with E-state index in [1.807, 2.05) is 0 Å². The van der Waals surface area contributed by atoms with E-state index in [4.69, 9.17) is 11.5 Å². The van der Waals surface area contributed by atoms with Gasteiger partial charge in [0.25, 0.3) is 5.69 Å². The number of nitro groups is 1. The zero-order valence-corrected chi connectivity index (χ0v) is 7.71. The molecule has 0 aromatic heterocycles. The van der Waals surface area contributed by atoms with Crippen molar-refractivity contribution in [3.63, 3.8) is 0 Å². The van der Waals surface area contributed by atoms with Crippen molar-refractivity contribution in [3.05, 3.63) is 40.0 Å². The number of primary amides is 1. The maximum absolute atomic E-state index is 10.5. The highest BCUT2D eigenvalue weighted by Crippen LogP contribution is 2.22. The lowest BCUT2D eigenvalue weighted by molar-refractivity contribution is -0.383. The van der Waals surface area contributed by atoms with E-state index in [2.05, 4.69) is 0 Å². The van der Waals surface area contributed by atoms with Crippen LogP contribution in [-0.2, 0) is 4.79 Å². The van der Waals surface area contributed by atoms with E-state index in [1.165, 1.54) is 18.2 Å². The van der Waals surface area contributed by atoms with Crippen molar-refractivity contribution in [2.75, 3.05) is 5.73 Å². The lowest BCUT2D eigenvalue weighted by Crippen LogP contribution is -2.05. The average Bonchev–Trinajstić information content (AvgIpc) is 2.16. The normalized spacial score (nSPS) is 10.4. The van der Waals surface area contributed by atoms with Gasteiger partial charge >= 0.3 is 0 Å². The first kappa shape index (κ1) is 10.7. The average molecular weight is 207 g/mol. The molecule has 78 valence electrons. The SMILES string of the molecule is NC(=O)C=Cc1ccc(N)c([N+](=O)[O-])c1. The predicted octanol–water partition coefficient (Wildman–Crippen LogP) is 0.676. The number of rotatable bonds is 3. The fourth-order valence-electron chi connectivity index (χ4n) is 1.00. The summed E-state index contributed by atoms with van der Waals surface area (Å²) in [6.45, 7) is 0. The second-order valence-corrected chi connectivity index (χ2v) is 2.81. The van der Waals surface area contributed by atoms with Gasteiger partial charge in [-0.1, -0.05) is 6.07 Å². The molecule has 1 aromatic carbocycles. The van der Waals surface area contributed by atoms with Gasteiger partial charge < -0.3 is 11.5 Å². The molecule has 0 bridgehead atoms. The van der Waals surface area contributed by atoms with Gasteiger partial charge in [0.05, 0.1) is 4.92 Å². The number of nitro benzene ring substituents is 1. The first-order chi connectivity index (χ1) is 7.00. The molecule has 0 saturated heterocycles. The molecule has 0 aliphatic rings. The van der Waals surface area contributed by atoms with Crippen molar-refractivity contribution >= 4 is 23.4 Å². The predicted molar refractivity (Wildman–Crippen MR) is 55.7 cm³/mol. The first-order valence-electron chi connectivity index (χ1n) is 4.02. The van der Waals surface area contributed by atoms with Gasteiger partial charge in [-0.15, -0.1) is 0 Å². The van der Waals surface area contributed by atoms with Crippen molar-refractivity contribution in [1.82, 2.24) is 0 Å². The van der Waals surface area contributed by atoms with Crippen LogP contribution in [0.15, 0.2) is 24.3 Å². The maximum atomic E-state index is 10.5. The maximum Gasteiger partial charge on any atom is 0.292 e. The molecule has 4 N–H and O–H groups in total. The van der Waals surface area contributed by atoms with Gasteiger partial charge in [-0.3, -0.25) is 14.9 Å². The Morgan fingerprint density at radius 2 is 2.13 bits per heavy atom. The molecular formula is C9H9N3O3. The van der Waals surface area contributed by atoms with E-state index >= 15 is 0 Å². The fourth-order valence-corrected chi connectivity index (χ4v) is 1.00. The Bertz CT molecular complexity index is 440. The van der Waals surface area contributed by atoms with Gasteiger partial charge in [-0.2, -0.15) is 0 Å². The van der Waals surface area contributed by atoms with E-state index in [0.717, 1.165) is 6.08 Å². The van der Waals surface area contributed by atoms with Gasteiger partial charge in [0, 0.05) is 12.1 Å². The zero-order chi connectivity index (χ0) is 11.4. The molecule has 0 fully saturated rings. The molecule has 1 aromatic rings. The van der Waals surface area contributed by atoms with Crippen LogP contribution in [0.25, 0.3) is 6.08 Å². The molecular weight excluding hydrogens is 198 g/mol. The van der Waals surface area contributed by atoms with Crippen LogP contribution in [-0.4, -0.2) is 10.8 Å². The van der Waals surface area contributed by atoms with E-state index in [9.17, 15) is 14.9 Å². The topological polar surface area (TPSA) is 112 Å². The molecule has 6 nitrogen and oxygen atoms in total. The van der Waals surface area contributed by atoms with Crippen molar-refractivity contribution < 1.29 is 9.72 Å². The first-order valence-corrected chi connectivity index (χ1v) is 4.02. The lowest BCUT2D eigenvalue weighted by atomic mass is 10.1. The van der Waals surface area contributed by atoms with Crippen molar-refractivity contribution in [2.45, 2.75) is 0 Å². The number of hydrogen-bond donors (Lipinski definition) is 2. The summed E-state index contributed by atoms with van der Waals surface area (Å²) in [5.74, 6) is -0.616. The summed E-state index contributed by atoms with van der Waals surface area (Å²) in [5, 5.41) is 10.5. The van der Waals surface area contributed by atoms with E-state index in [0.29, 0.717) is 5.56 Å². The number of benzene rings is 1. The van der Waals surface area contributed by atoms with Crippen LogP contribution in [0.4, 0.5) is 11.4 Å². The Labute approximate surface area is 85.3 Å². The Hall–Kier alpha value is -2.37. The van der Waals surface area contributed by atoms with Crippen LogP contribution in [0.2, 0.25) is 0 Å². The van der Waals surface area contributed by atoms with Gasteiger partial charge in [-0.05, 0) is 17.7 Å². The summed E-state index contributed by atoms with van der Waals surface area (Å²) < 4.78 is 0. The van der Waals surface area contributed by atoms with Crippen molar-refractivity contribution in [2.24, 2.45) is 5.73 Å². The largest absolute Gasteiger partial charge is 0.393 e. The number of nitrogens with zero attached hydrogens (tertiary/aromatic N) is 1. The molecule has 0 unspecified atom stereocenters. The number of anilines is 1. The smallest absolute Gasteiger partial charge is 0.292 e. The minimum atomic E-state index is -0.616. The molecule has 0 aliphatic carbocycles. The number of carbonyl (C=O) groups is 1. The monoisotopic (exact) mass is 207 g/mol. The highest BCUT2D eigenvalue weighted by Gasteiger charge is 2.10. The summed E-state index contributed by atoms with van der Waals surface area (Å²) in [7, 11) is 0. The number of carbonyl (C=O) groups excluding carboxylic acids is 1. The second-order valence-electron chi connectivity index (χ2n) is 2.81. The lowest BCUT2D eigenvalue weighted by Gasteiger charge is -1.97. The molecule has 0 spiro atoms. The molecule has 0 saturated carbocycles. The number of nitrogens with two attached hydrogens (primary N) is 2. The molecule has 0 aliphatic heterocycles. The van der Waals surface area contributed by atoms with Crippen molar-refractivity contribution in [3.8, 4) is 0 Å². The summed E-state index contributed by atoms with van der Waals surface area (Å²) in [6.07, 6.45) is 2.50. The van der Waals surface area contributed by atoms with Crippen molar-refractivity contribution in [1.29, 1.82) is 0 Å². The third-order valence-electron chi connectivity index (χ3n) is 1.69.